The van der Waals surface area contributed by atoms with E-state index < -0.39 is 0 Å². The van der Waals surface area contributed by atoms with Crippen LogP contribution in [0.5, 0.6) is 0 Å². The van der Waals surface area contributed by atoms with Gasteiger partial charge in [0.2, 0.25) is 0 Å². The van der Waals surface area contributed by atoms with Gasteiger partial charge >= 0.3 is 0 Å². The summed E-state index contributed by atoms with van der Waals surface area (Å²) in [5.74, 6) is 0.0879. The normalized spacial score (nSPS) is 20.5. The van der Waals surface area contributed by atoms with Gasteiger partial charge in [0.15, 0.2) is 0 Å². The van der Waals surface area contributed by atoms with Gasteiger partial charge in [-0.25, -0.2) is 5.01 Å². The molecule has 0 aliphatic carbocycles. The average molecular weight is 405 g/mol. The van der Waals surface area contributed by atoms with Crippen LogP contribution in [-0.4, -0.2) is 66.2 Å². The molecule has 5 nitrogen and oxygen atoms in total. The van der Waals surface area contributed by atoms with Crippen LogP contribution in [0, 0.1) is 20.8 Å². The van der Waals surface area contributed by atoms with Crippen molar-refractivity contribution in [2.45, 2.75) is 33.2 Å². The molecular weight excluding hydrogens is 372 g/mol. The minimum Gasteiger partial charge on any atom is -0.304 e. The number of nitrogens with zero attached hydrogens (tertiary/aromatic N) is 4. The Kier molecular flexibility index (Phi) is 6.02. The molecule has 0 unspecified atom stereocenters. The molecule has 1 amide bonds. The predicted octanol–water partition coefficient (Wildman–Crippen LogP) is 3.54. The lowest BCUT2D eigenvalue weighted by Crippen LogP contribution is -2.48. The molecule has 0 aromatic heterocycles. The monoisotopic (exact) mass is 404 g/mol. The van der Waals surface area contributed by atoms with E-state index in [0.717, 1.165) is 49.4 Å². The number of benzene rings is 2. The fourth-order valence-corrected chi connectivity index (χ4v) is 4.36. The fourth-order valence-electron chi connectivity index (χ4n) is 4.36. The van der Waals surface area contributed by atoms with E-state index in [0.29, 0.717) is 6.54 Å². The Labute approximate surface area is 180 Å². The van der Waals surface area contributed by atoms with Crippen LogP contribution in [0.25, 0.3) is 0 Å². The van der Waals surface area contributed by atoms with Crippen molar-refractivity contribution in [1.29, 1.82) is 0 Å². The number of amides is 1. The first-order chi connectivity index (χ1) is 14.4. The maximum atomic E-state index is 13.3. The summed E-state index contributed by atoms with van der Waals surface area (Å²) < 4.78 is 0. The molecule has 2 aromatic carbocycles. The first kappa shape index (κ1) is 20.8. The zero-order chi connectivity index (χ0) is 21.3. The van der Waals surface area contributed by atoms with Crippen molar-refractivity contribution in [3.8, 4) is 0 Å². The second-order valence-corrected chi connectivity index (χ2v) is 8.81. The third-order valence-electron chi connectivity index (χ3n) is 6.28. The van der Waals surface area contributed by atoms with E-state index in [2.05, 4.69) is 80.1 Å². The van der Waals surface area contributed by atoms with E-state index in [4.69, 9.17) is 5.10 Å². The molecule has 5 heteroatoms. The molecule has 1 atom stereocenters. The van der Waals surface area contributed by atoms with Gasteiger partial charge in [0.1, 0.15) is 0 Å². The van der Waals surface area contributed by atoms with E-state index in [1.807, 2.05) is 0 Å². The van der Waals surface area contributed by atoms with Gasteiger partial charge in [-0.1, -0.05) is 53.6 Å². The van der Waals surface area contributed by atoms with Crippen molar-refractivity contribution in [1.82, 2.24) is 14.8 Å². The third kappa shape index (κ3) is 4.47. The molecular formula is C25H32N4O. The lowest BCUT2D eigenvalue weighted by molar-refractivity contribution is -0.134. The van der Waals surface area contributed by atoms with E-state index >= 15 is 0 Å². The number of piperazine rings is 1. The fraction of sp³-hybridized carbons (Fsp3) is 0.440. The van der Waals surface area contributed by atoms with Crippen LogP contribution in [0.1, 0.15) is 40.3 Å². The summed E-state index contributed by atoms with van der Waals surface area (Å²) in [6.45, 7) is 10.6. The molecule has 0 bridgehead atoms. The van der Waals surface area contributed by atoms with Crippen LogP contribution >= 0.6 is 0 Å². The Morgan fingerprint density at radius 2 is 1.63 bits per heavy atom. The Morgan fingerprint density at radius 1 is 0.967 bits per heavy atom. The van der Waals surface area contributed by atoms with E-state index in [-0.39, 0.29) is 11.9 Å². The first-order valence-electron chi connectivity index (χ1n) is 10.9. The summed E-state index contributed by atoms with van der Waals surface area (Å²) in [6.07, 6.45) is 0.751. The molecule has 0 saturated carbocycles. The Bertz CT molecular complexity index is 942. The molecule has 30 heavy (non-hydrogen) atoms. The van der Waals surface area contributed by atoms with E-state index in [9.17, 15) is 4.79 Å². The molecule has 0 radical (unpaired) electrons. The molecule has 4 rings (SSSR count). The minimum absolute atomic E-state index is 0.0405. The lowest BCUT2D eigenvalue weighted by atomic mass is 9.95. The zero-order valence-corrected chi connectivity index (χ0v) is 18.6. The van der Waals surface area contributed by atoms with Crippen molar-refractivity contribution in [2.24, 2.45) is 5.10 Å². The molecule has 1 fully saturated rings. The smallest absolute Gasteiger partial charge is 0.257 e. The second kappa shape index (κ2) is 8.70. The summed E-state index contributed by atoms with van der Waals surface area (Å²) in [6, 6.07) is 14.9. The third-order valence-corrected chi connectivity index (χ3v) is 6.28. The highest BCUT2D eigenvalue weighted by atomic mass is 16.2. The number of aryl methyl sites for hydroxylation is 3. The Balaban J connectivity index is 1.60. The van der Waals surface area contributed by atoms with Crippen LogP contribution in [-0.2, 0) is 4.79 Å². The minimum atomic E-state index is -0.0405. The van der Waals surface area contributed by atoms with Gasteiger partial charge in [-0.15, -0.1) is 0 Å². The van der Waals surface area contributed by atoms with Crippen LogP contribution in [0.2, 0.25) is 0 Å². The molecule has 2 aromatic rings. The van der Waals surface area contributed by atoms with Crippen LogP contribution < -0.4 is 0 Å². The summed E-state index contributed by atoms with van der Waals surface area (Å²) >= 11 is 0. The van der Waals surface area contributed by atoms with Gasteiger partial charge in [0, 0.05) is 38.2 Å². The number of hydrogen-bond acceptors (Lipinski definition) is 4. The standard InChI is InChI=1S/C25H32N4O/c1-18-5-8-21(9-6-18)24-16-23(22-10-7-19(2)15-20(22)3)26-29(24)25(30)17-28-13-11-27(4)12-14-28/h5-10,15,24H,11-14,16-17H2,1-4H3/t24-/m0/s1. The van der Waals surface area contributed by atoms with Crippen LogP contribution in [0.4, 0.5) is 0 Å². The quantitative estimate of drug-likeness (QED) is 0.783. The molecule has 2 aliphatic rings. The SMILES string of the molecule is Cc1ccc([C@@H]2CC(c3ccc(C)cc3C)=NN2C(=O)CN2CCN(C)CC2)cc1. The number of likely N-dealkylation sites (N-methyl/N-ethyl adjacent to an activating group) is 1. The zero-order valence-electron chi connectivity index (χ0n) is 18.6. The van der Waals surface area contributed by atoms with Crippen molar-refractivity contribution < 1.29 is 4.79 Å². The Morgan fingerprint density at radius 3 is 2.30 bits per heavy atom. The predicted molar refractivity (Wildman–Crippen MR) is 122 cm³/mol. The maximum Gasteiger partial charge on any atom is 0.257 e. The van der Waals surface area contributed by atoms with Gasteiger partial charge in [-0.05, 0) is 38.9 Å². The van der Waals surface area contributed by atoms with Crippen molar-refractivity contribution in [2.75, 3.05) is 39.8 Å². The lowest BCUT2D eigenvalue weighted by Gasteiger charge is -2.33. The van der Waals surface area contributed by atoms with Crippen molar-refractivity contribution >= 4 is 11.6 Å². The van der Waals surface area contributed by atoms with Crippen molar-refractivity contribution in [3.05, 3.63) is 70.3 Å². The second-order valence-electron chi connectivity index (χ2n) is 8.81. The Hall–Kier alpha value is -2.50. The first-order valence-corrected chi connectivity index (χ1v) is 10.9. The molecule has 2 heterocycles. The van der Waals surface area contributed by atoms with Gasteiger partial charge in [0.05, 0.1) is 18.3 Å². The molecule has 1 saturated heterocycles. The average Bonchev–Trinajstić information content (AvgIpc) is 3.15. The van der Waals surface area contributed by atoms with E-state index in [1.165, 1.54) is 16.7 Å². The largest absolute Gasteiger partial charge is 0.304 e. The van der Waals surface area contributed by atoms with Gasteiger partial charge in [-0.3, -0.25) is 9.69 Å². The van der Waals surface area contributed by atoms with Crippen molar-refractivity contribution in [3.63, 3.8) is 0 Å². The van der Waals surface area contributed by atoms with E-state index in [1.54, 1.807) is 5.01 Å². The van der Waals surface area contributed by atoms with Crippen LogP contribution in [0.15, 0.2) is 47.6 Å². The van der Waals surface area contributed by atoms with Gasteiger partial charge in [0.25, 0.3) is 5.91 Å². The maximum absolute atomic E-state index is 13.3. The number of hydrogen-bond donors (Lipinski definition) is 0. The highest BCUT2D eigenvalue weighted by molar-refractivity contribution is 6.04. The highest BCUT2D eigenvalue weighted by Crippen LogP contribution is 2.34. The number of carbonyl (C=O) groups is 1. The molecule has 0 spiro atoms. The molecule has 0 N–H and O–H groups in total. The summed E-state index contributed by atoms with van der Waals surface area (Å²) in [5, 5.41) is 6.62. The summed E-state index contributed by atoms with van der Waals surface area (Å²) in [4.78, 5) is 17.9. The molecule has 2 aliphatic heterocycles. The molecule has 158 valence electrons. The topological polar surface area (TPSA) is 39.2 Å². The van der Waals surface area contributed by atoms with Crippen LogP contribution in [0.3, 0.4) is 0 Å². The summed E-state index contributed by atoms with van der Waals surface area (Å²) in [7, 11) is 2.13. The number of carbonyl (C=O) groups excluding carboxylic acids is 1. The highest BCUT2D eigenvalue weighted by Gasteiger charge is 2.34. The number of hydrazone groups is 1. The van der Waals surface area contributed by atoms with Gasteiger partial charge in [-0.2, -0.15) is 5.10 Å². The number of rotatable bonds is 4. The van der Waals surface area contributed by atoms with Gasteiger partial charge < -0.3 is 4.90 Å². The summed E-state index contributed by atoms with van der Waals surface area (Å²) in [5.41, 5.74) is 6.98.